The van der Waals surface area contributed by atoms with E-state index in [4.69, 9.17) is 4.74 Å². The van der Waals surface area contributed by atoms with E-state index in [9.17, 15) is 9.59 Å². The average Bonchev–Trinajstić information content (AvgIpc) is 3.42. The smallest absolute Gasteiger partial charge is 0.311 e. The Morgan fingerprint density at radius 3 is 2.52 bits per heavy atom. The molecule has 0 bridgehead atoms. The third kappa shape index (κ3) is 4.10. The first kappa shape index (κ1) is 17.7. The van der Waals surface area contributed by atoms with E-state index in [2.05, 4.69) is 15.2 Å². The Labute approximate surface area is 148 Å². The molecule has 2 amide bonds. The highest BCUT2D eigenvalue weighted by Crippen LogP contribution is 2.25. The standard InChI is InChI=1S/C18H26N4O3/c1-12-10-19-15(13(2)16(12)25-3)11-21-6-8-22(9-7-21)18(24)17(23)20-14-4-5-14/h10,14H,4-9,11H2,1-3H3,(H,20,23). The van der Waals surface area contributed by atoms with E-state index < -0.39 is 11.8 Å². The van der Waals surface area contributed by atoms with Gasteiger partial charge in [0, 0.05) is 56.1 Å². The van der Waals surface area contributed by atoms with Gasteiger partial charge in [0.2, 0.25) is 0 Å². The molecule has 7 heteroatoms. The van der Waals surface area contributed by atoms with Gasteiger partial charge in [-0.3, -0.25) is 19.5 Å². The molecule has 2 aliphatic rings. The van der Waals surface area contributed by atoms with Crippen LogP contribution in [0.4, 0.5) is 0 Å². The fourth-order valence-electron chi connectivity index (χ4n) is 3.17. The van der Waals surface area contributed by atoms with Crippen molar-refractivity contribution in [1.82, 2.24) is 20.1 Å². The van der Waals surface area contributed by atoms with Gasteiger partial charge in [-0.1, -0.05) is 0 Å². The lowest BCUT2D eigenvalue weighted by molar-refractivity contribution is -0.147. The first-order chi connectivity index (χ1) is 12.0. The van der Waals surface area contributed by atoms with Gasteiger partial charge >= 0.3 is 11.8 Å². The minimum absolute atomic E-state index is 0.211. The number of carbonyl (C=O) groups excluding carboxylic acids is 2. The number of hydrogen-bond acceptors (Lipinski definition) is 5. The predicted octanol–water partition coefficient (Wildman–Crippen LogP) is 0.630. The number of nitrogens with zero attached hydrogens (tertiary/aromatic N) is 3. The molecule has 1 aliphatic carbocycles. The van der Waals surface area contributed by atoms with Gasteiger partial charge < -0.3 is 15.0 Å². The van der Waals surface area contributed by atoms with Gasteiger partial charge in [0.25, 0.3) is 0 Å². The Bertz CT molecular complexity index is 665. The Hall–Kier alpha value is -2.15. The lowest BCUT2D eigenvalue weighted by Crippen LogP contribution is -2.52. The fourth-order valence-corrected chi connectivity index (χ4v) is 3.17. The molecular formula is C18H26N4O3. The predicted molar refractivity (Wildman–Crippen MR) is 93.3 cm³/mol. The summed E-state index contributed by atoms with van der Waals surface area (Å²) < 4.78 is 5.46. The largest absolute Gasteiger partial charge is 0.496 e. The number of amides is 2. The van der Waals surface area contributed by atoms with E-state index in [1.807, 2.05) is 20.0 Å². The Morgan fingerprint density at radius 1 is 1.24 bits per heavy atom. The van der Waals surface area contributed by atoms with Gasteiger partial charge in [0.15, 0.2) is 0 Å². The molecule has 0 radical (unpaired) electrons. The zero-order valence-corrected chi connectivity index (χ0v) is 15.2. The number of piperazine rings is 1. The topological polar surface area (TPSA) is 74.8 Å². The van der Waals surface area contributed by atoms with E-state index in [1.165, 1.54) is 0 Å². The second kappa shape index (κ2) is 7.39. The van der Waals surface area contributed by atoms with Crippen LogP contribution >= 0.6 is 0 Å². The van der Waals surface area contributed by atoms with Crippen LogP contribution in [-0.4, -0.2) is 65.9 Å². The fraction of sp³-hybridized carbons (Fsp3) is 0.611. The molecule has 0 atom stereocenters. The number of rotatable bonds is 4. The van der Waals surface area contributed by atoms with Crippen LogP contribution in [0, 0.1) is 13.8 Å². The molecule has 136 valence electrons. The van der Waals surface area contributed by atoms with Gasteiger partial charge in [0.05, 0.1) is 12.8 Å². The summed E-state index contributed by atoms with van der Waals surface area (Å²) in [5.41, 5.74) is 3.08. The molecule has 3 rings (SSSR count). The Morgan fingerprint density at radius 2 is 1.92 bits per heavy atom. The summed E-state index contributed by atoms with van der Waals surface area (Å²) in [6.45, 7) is 7.34. The Kier molecular flexibility index (Phi) is 5.22. The number of pyridine rings is 1. The van der Waals surface area contributed by atoms with Crippen molar-refractivity contribution in [3.8, 4) is 5.75 Å². The molecule has 1 aromatic heterocycles. The lowest BCUT2D eigenvalue weighted by Gasteiger charge is -2.34. The van der Waals surface area contributed by atoms with Crippen LogP contribution in [-0.2, 0) is 16.1 Å². The molecule has 1 saturated heterocycles. The van der Waals surface area contributed by atoms with E-state index in [1.54, 1.807) is 12.0 Å². The summed E-state index contributed by atoms with van der Waals surface area (Å²) in [6.07, 6.45) is 3.81. The van der Waals surface area contributed by atoms with Crippen LogP contribution < -0.4 is 10.1 Å². The third-order valence-electron chi connectivity index (χ3n) is 4.89. The molecule has 1 aliphatic heterocycles. The summed E-state index contributed by atoms with van der Waals surface area (Å²) in [5.74, 6) is 0.0187. The van der Waals surface area contributed by atoms with Crippen LogP contribution in [0.2, 0.25) is 0 Å². The molecular weight excluding hydrogens is 320 g/mol. The van der Waals surface area contributed by atoms with Gasteiger partial charge in [-0.05, 0) is 26.7 Å². The van der Waals surface area contributed by atoms with E-state index >= 15 is 0 Å². The van der Waals surface area contributed by atoms with Crippen LogP contribution in [0.3, 0.4) is 0 Å². The molecule has 1 aromatic rings. The lowest BCUT2D eigenvalue weighted by atomic mass is 10.1. The second-order valence-electron chi connectivity index (χ2n) is 6.86. The van der Waals surface area contributed by atoms with Crippen molar-refractivity contribution in [3.05, 3.63) is 23.0 Å². The third-order valence-corrected chi connectivity index (χ3v) is 4.89. The molecule has 1 N–H and O–H groups in total. The zero-order valence-electron chi connectivity index (χ0n) is 15.2. The van der Waals surface area contributed by atoms with Crippen molar-refractivity contribution in [1.29, 1.82) is 0 Å². The minimum Gasteiger partial charge on any atom is -0.496 e. The minimum atomic E-state index is -0.461. The van der Waals surface area contributed by atoms with Gasteiger partial charge in [-0.25, -0.2) is 0 Å². The quantitative estimate of drug-likeness (QED) is 0.810. The monoisotopic (exact) mass is 346 g/mol. The molecule has 7 nitrogen and oxygen atoms in total. The summed E-state index contributed by atoms with van der Waals surface area (Å²) >= 11 is 0. The first-order valence-corrected chi connectivity index (χ1v) is 8.80. The van der Waals surface area contributed by atoms with E-state index in [-0.39, 0.29) is 6.04 Å². The molecule has 2 heterocycles. The maximum Gasteiger partial charge on any atom is 0.311 e. The number of carbonyl (C=O) groups is 2. The first-order valence-electron chi connectivity index (χ1n) is 8.80. The number of hydrogen-bond donors (Lipinski definition) is 1. The van der Waals surface area contributed by atoms with Crippen molar-refractivity contribution in [2.45, 2.75) is 39.3 Å². The number of aromatic nitrogens is 1. The SMILES string of the molecule is COc1c(C)cnc(CN2CCN(C(=O)C(=O)NC3CC3)CC2)c1C. The van der Waals surface area contributed by atoms with Crippen molar-refractivity contribution in [3.63, 3.8) is 0 Å². The molecule has 0 aromatic carbocycles. The van der Waals surface area contributed by atoms with Crippen LogP contribution in [0.25, 0.3) is 0 Å². The number of methoxy groups -OCH3 is 1. The van der Waals surface area contributed by atoms with E-state index in [0.717, 1.165) is 55.0 Å². The summed E-state index contributed by atoms with van der Waals surface area (Å²) in [4.78, 5) is 32.5. The summed E-state index contributed by atoms with van der Waals surface area (Å²) in [7, 11) is 1.68. The number of aryl methyl sites for hydroxylation is 1. The molecule has 1 saturated carbocycles. The van der Waals surface area contributed by atoms with Crippen LogP contribution in [0.5, 0.6) is 5.75 Å². The Balaban J connectivity index is 1.54. The number of ether oxygens (including phenoxy) is 1. The second-order valence-corrected chi connectivity index (χ2v) is 6.86. The summed E-state index contributed by atoms with van der Waals surface area (Å²) in [6, 6.07) is 0.211. The van der Waals surface area contributed by atoms with Crippen molar-refractivity contribution in [2.24, 2.45) is 0 Å². The maximum absolute atomic E-state index is 12.2. The van der Waals surface area contributed by atoms with Gasteiger partial charge in [0.1, 0.15) is 5.75 Å². The molecule has 25 heavy (non-hydrogen) atoms. The molecule has 0 spiro atoms. The molecule has 2 fully saturated rings. The van der Waals surface area contributed by atoms with E-state index in [0.29, 0.717) is 13.1 Å². The van der Waals surface area contributed by atoms with Crippen molar-refractivity contribution >= 4 is 11.8 Å². The highest BCUT2D eigenvalue weighted by atomic mass is 16.5. The van der Waals surface area contributed by atoms with Crippen LogP contribution in [0.15, 0.2) is 6.20 Å². The van der Waals surface area contributed by atoms with Crippen LogP contribution in [0.1, 0.15) is 29.7 Å². The normalized spacial score (nSPS) is 18.1. The van der Waals surface area contributed by atoms with Gasteiger partial charge in [-0.2, -0.15) is 0 Å². The highest BCUT2D eigenvalue weighted by Gasteiger charge is 2.30. The number of nitrogens with one attached hydrogen (secondary N) is 1. The maximum atomic E-state index is 12.2. The van der Waals surface area contributed by atoms with Gasteiger partial charge in [-0.15, -0.1) is 0 Å². The van der Waals surface area contributed by atoms with Crippen molar-refractivity contribution in [2.75, 3.05) is 33.3 Å². The zero-order chi connectivity index (χ0) is 18.0. The highest BCUT2D eigenvalue weighted by molar-refractivity contribution is 6.35. The molecule has 0 unspecified atom stereocenters. The van der Waals surface area contributed by atoms with Crippen molar-refractivity contribution < 1.29 is 14.3 Å². The average molecular weight is 346 g/mol. The summed E-state index contributed by atoms with van der Waals surface area (Å²) in [5, 5.41) is 2.76.